The van der Waals surface area contributed by atoms with E-state index in [1.165, 1.54) is 42.8 Å². The van der Waals surface area contributed by atoms with Gasteiger partial charge in [-0.05, 0) is 193 Å². The summed E-state index contributed by atoms with van der Waals surface area (Å²) >= 11 is 3.34. The number of aliphatic hydroxyl groups is 2. The maximum Gasteiger partial charge on any atom is 1.00 e. The molecule has 0 spiro atoms. The van der Waals surface area contributed by atoms with Crippen LogP contribution in [0.2, 0.25) is 0 Å². The first-order chi connectivity index (χ1) is 44.8. The third kappa shape index (κ3) is 21.1. The zero-order valence-corrected chi connectivity index (χ0v) is 56.3. The Bertz CT molecular complexity index is 3860. The minimum atomic E-state index is -1.32. The Hall–Kier alpha value is -8.30. The molecule has 0 unspecified atom stereocenters. The second-order valence-corrected chi connectivity index (χ2v) is 25.1. The van der Waals surface area contributed by atoms with Crippen LogP contribution in [0.25, 0.3) is 68.1 Å². The molecule has 3 aromatic carbocycles. The van der Waals surface area contributed by atoms with Crippen molar-refractivity contribution in [2.75, 3.05) is 39.3 Å². The first-order valence-electron chi connectivity index (χ1n) is 30.9. The summed E-state index contributed by atoms with van der Waals surface area (Å²) in [5.74, 6) is 1.15. The number of oxazole rings is 3. The van der Waals surface area contributed by atoms with Gasteiger partial charge < -0.3 is 55.0 Å². The fraction of sp³-hybridized carbons (Fsp3) is 0.352. The quantitative estimate of drug-likeness (QED) is 0.0898. The van der Waals surface area contributed by atoms with Gasteiger partial charge in [-0.3, -0.25) is 19.7 Å². The molecule has 19 nitrogen and oxygen atoms in total. The number of amides is 2. The van der Waals surface area contributed by atoms with Crippen LogP contribution in [0.4, 0.5) is 22.8 Å². The number of likely N-dealkylation sites (tertiary alicyclic amines) is 2. The molecule has 3 saturated heterocycles. The number of Topliss-reactive ketones (excluding diaryl/α,β-unsaturated/α-hetero) is 1. The normalized spacial score (nSPS) is 14.9. The van der Waals surface area contributed by atoms with E-state index in [1.54, 1.807) is 95.5 Å². The van der Waals surface area contributed by atoms with Crippen LogP contribution < -0.4 is 24.2 Å². The number of ether oxygens (including phenoxy) is 2. The van der Waals surface area contributed by atoms with Crippen LogP contribution in [-0.2, 0) is 25.5 Å². The van der Waals surface area contributed by atoms with Crippen molar-refractivity contribution in [3.05, 3.63) is 187 Å². The molecule has 9 heterocycles. The fourth-order valence-electron chi connectivity index (χ4n) is 9.76. The monoisotopic (exact) mass is 1360 g/mol. The molecule has 0 saturated carbocycles. The number of pyridine rings is 3. The first kappa shape index (κ1) is 74.1. The molecule has 3 aliphatic rings. The number of ketones is 1. The molecule has 0 bridgehead atoms. The number of aromatic nitrogens is 6. The topological polar surface area (TPSA) is 245 Å². The van der Waals surface area contributed by atoms with E-state index in [9.17, 15) is 37.8 Å². The van der Waals surface area contributed by atoms with Gasteiger partial charge in [0, 0.05) is 122 Å². The number of unbranched alkanes of at least 4 members (excludes halogenated alkanes) is 1. The number of rotatable bonds is 9. The number of hydrogen-bond donors (Lipinski definition) is 3. The maximum absolute atomic E-state index is 13.4. The van der Waals surface area contributed by atoms with Crippen molar-refractivity contribution in [3.63, 3.8) is 0 Å². The van der Waals surface area contributed by atoms with Gasteiger partial charge in [0.25, 0.3) is 0 Å². The molecule has 0 aliphatic carbocycles. The number of hydrogen-bond acceptors (Lipinski definition) is 17. The van der Waals surface area contributed by atoms with Gasteiger partial charge in [0.05, 0.1) is 0 Å². The zero-order chi connectivity index (χ0) is 67.6. The molecule has 12 rings (SSSR count). The smallest absolute Gasteiger partial charge is 0.444 e. The molecule has 6 aromatic heterocycles. The van der Waals surface area contributed by atoms with E-state index in [0.717, 1.165) is 28.7 Å². The molecular weight excluding hydrogens is 1280 g/mol. The van der Waals surface area contributed by atoms with E-state index in [2.05, 4.69) is 65.0 Å². The van der Waals surface area contributed by atoms with Crippen LogP contribution in [-0.4, -0.2) is 118 Å². The molecule has 0 atom stereocenters. The Morgan fingerprint density at radius 2 is 0.853 bits per heavy atom. The molecule has 95 heavy (non-hydrogen) atoms. The molecule has 3 aliphatic heterocycles. The van der Waals surface area contributed by atoms with Gasteiger partial charge in [0.2, 0.25) is 17.7 Å². The summed E-state index contributed by atoms with van der Waals surface area (Å²) in [6.07, 6.45) is 14.1. The van der Waals surface area contributed by atoms with Crippen molar-refractivity contribution < 1.29 is 79.4 Å². The van der Waals surface area contributed by atoms with E-state index in [-0.39, 0.29) is 66.9 Å². The second kappa shape index (κ2) is 33.9. The third-order valence-corrected chi connectivity index (χ3v) is 15.4. The van der Waals surface area contributed by atoms with E-state index in [4.69, 9.17) is 22.7 Å². The Kier molecular flexibility index (Phi) is 26.4. The summed E-state index contributed by atoms with van der Waals surface area (Å²) in [6.45, 7) is 19.7. The summed E-state index contributed by atoms with van der Waals surface area (Å²) in [5.41, 5.74) is 2.83. The van der Waals surface area contributed by atoms with Crippen molar-refractivity contribution in [1.82, 2.24) is 45.0 Å². The summed E-state index contributed by atoms with van der Waals surface area (Å²) in [4.78, 5) is 63.7. The first-order valence-corrected chi connectivity index (χ1v) is 31.7. The van der Waals surface area contributed by atoms with Crippen LogP contribution in [0.1, 0.15) is 111 Å². The van der Waals surface area contributed by atoms with Crippen molar-refractivity contribution in [2.45, 2.75) is 122 Å². The molecule has 24 heteroatoms. The Labute approximate surface area is 571 Å². The van der Waals surface area contributed by atoms with Gasteiger partial charge in [0.1, 0.15) is 62.7 Å². The van der Waals surface area contributed by atoms with Gasteiger partial charge in [-0.2, -0.15) is 6.42 Å². The number of carbonyl (C=O) groups is 3. The molecule has 3 N–H and O–H groups in total. The van der Waals surface area contributed by atoms with Gasteiger partial charge in [-0.1, -0.05) is 13.3 Å². The predicted molar refractivity (Wildman–Crippen MR) is 352 cm³/mol. The van der Waals surface area contributed by atoms with Gasteiger partial charge >= 0.3 is 31.0 Å². The summed E-state index contributed by atoms with van der Waals surface area (Å²) in [5, 5.41) is 25.9. The van der Waals surface area contributed by atoms with Gasteiger partial charge in [-0.15, -0.1) is 0 Å². The Morgan fingerprint density at radius 3 is 1.20 bits per heavy atom. The fourth-order valence-corrected chi connectivity index (χ4v) is 10.2. The SMILES string of the molecule is CC(C)(C)OC(=O)N1CCC(=O)CC1.CC(C)(C)OC(=O)N1CCC(O)(c2oc(-c3ccc(F)cc3)nc2-c2ccncc2)CC1.Fc1ccc(-c2nc(-c3ccncc3)c(Br)o2)cc1.OC1(c2oc(-c3ccc(F)cc3)nc2-c2ccncc2)CCNCC1.[CH2-]CCC.[Li+]. The van der Waals surface area contributed by atoms with Crippen molar-refractivity contribution >= 4 is 33.9 Å². The van der Waals surface area contributed by atoms with Gasteiger partial charge in [0.15, 0.2) is 16.2 Å². The van der Waals surface area contributed by atoms with Crippen molar-refractivity contribution in [3.8, 4) is 68.1 Å². The zero-order valence-electron chi connectivity index (χ0n) is 54.7. The molecule has 2 amide bonds. The van der Waals surface area contributed by atoms with E-state index in [1.807, 2.05) is 65.8 Å². The van der Waals surface area contributed by atoms with Crippen molar-refractivity contribution in [2.24, 2.45) is 0 Å². The molecule has 496 valence electrons. The molecule has 0 radical (unpaired) electrons. The van der Waals surface area contributed by atoms with Crippen LogP contribution in [0, 0.1) is 24.4 Å². The minimum absolute atomic E-state index is 0. The van der Waals surface area contributed by atoms with Crippen molar-refractivity contribution in [1.29, 1.82) is 0 Å². The largest absolute Gasteiger partial charge is 1.00 e. The number of nitrogens with one attached hydrogen (secondary N) is 1. The van der Waals surface area contributed by atoms with E-state index in [0.29, 0.717) is 121 Å². The number of benzene rings is 3. The Morgan fingerprint density at radius 1 is 0.537 bits per heavy atom. The summed E-state index contributed by atoms with van der Waals surface area (Å²) in [6, 6.07) is 28.7. The molecular formula is C71H78BrF3LiN9O10. The second-order valence-electron chi connectivity index (χ2n) is 24.4. The number of piperidine rings is 3. The standard InChI is InChI=1S/C24H26FN3O4.C19H18FN3O2.C14H8BrFN2O.C10H17NO3.C4H9.Li/c1-23(2,3)32-22(29)28-14-10-24(30,11-15-28)20-19(16-8-12-26-13-9-16)27-21(31-20)17-4-6-18(25)7-5-17;20-15-3-1-14(2-4-15)18-23-16(13-5-9-21-10-6-13)17(25-18)19(24)7-11-22-12-8-19;15-13-12(9-5-7-17-8-6-9)18-14(19-13)10-1-3-11(16)4-2-10;1-10(2,3)14-9(13)11-6-4-8(12)5-7-11;1-3-4-2;/h4-9,12-13,30H,10-11,14-15H2,1-3H3;1-6,9-10,22,24H,7-8,11-12H2;1-8H;4-7H2,1-3H3;1,3-4H2,2H3;/q;;;;-1;+1. The third-order valence-electron chi connectivity index (χ3n) is 14.8. The number of carbonyl (C=O) groups excluding carboxylic acids is 3. The molecule has 9 aromatic rings. The summed E-state index contributed by atoms with van der Waals surface area (Å²) < 4.78 is 68.3. The Balaban J connectivity index is 0.000000182. The predicted octanol–water partition coefficient (Wildman–Crippen LogP) is 12.4. The maximum atomic E-state index is 13.4. The average Bonchev–Trinajstić information content (AvgIpc) is 1.66. The van der Waals surface area contributed by atoms with E-state index < -0.39 is 28.5 Å². The average molecular weight is 1360 g/mol. The minimum Gasteiger partial charge on any atom is -0.444 e. The van der Waals surface area contributed by atoms with E-state index >= 15 is 0 Å². The van der Waals surface area contributed by atoms with Crippen LogP contribution in [0.3, 0.4) is 0 Å². The van der Waals surface area contributed by atoms with Crippen LogP contribution >= 0.6 is 15.9 Å². The number of nitrogens with zero attached hydrogens (tertiary/aromatic N) is 8. The van der Waals surface area contributed by atoms with Gasteiger partial charge in [-0.25, -0.2) is 37.7 Å². The number of halogens is 4. The molecule has 3 fully saturated rings. The van der Waals surface area contributed by atoms with Crippen LogP contribution in [0.15, 0.2) is 164 Å². The summed E-state index contributed by atoms with van der Waals surface area (Å²) in [7, 11) is 0. The van der Waals surface area contributed by atoms with Crippen LogP contribution in [0.5, 0.6) is 0 Å².